The highest BCUT2D eigenvalue weighted by molar-refractivity contribution is 7.10. The van der Waals surface area contributed by atoms with Gasteiger partial charge in [-0.15, -0.1) is 23.7 Å². The topological polar surface area (TPSA) is 26.0 Å². The van der Waals surface area contributed by atoms with Crippen LogP contribution in [0.1, 0.15) is 37.1 Å². The number of hydrogen-bond donors (Lipinski definition) is 1. The second kappa shape index (κ2) is 4.73. The van der Waals surface area contributed by atoms with Crippen LogP contribution in [0.3, 0.4) is 0 Å². The number of nitrogen functional groups attached to an aromatic ring is 1. The molecule has 1 aromatic rings. The molecule has 3 heteroatoms. The van der Waals surface area contributed by atoms with Gasteiger partial charge in [0.2, 0.25) is 0 Å². The van der Waals surface area contributed by atoms with Crippen LogP contribution in [0.5, 0.6) is 0 Å². The number of aryl methyl sites for hydroxylation is 1. The third-order valence-electron chi connectivity index (χ3n) is 1.84. The SMILES string of the molecule is CCc1csc(C(C)C)c1N.Cl. The summed E-state index contributed by atoms with van der Waals surface area (Å²) in [6.07, 6.45) is 1.05. The van der Waals surface area contributed by atoms with Crippen LogP contribution < -0.4 is 5.73 Å². The van der Waals surface area contributed by atoms with Gasteiger partial charge >= 0.3 is 0 Å². The first-order valence-corrected chi connectivity index (χ1v) is 4.90. The molecule has 0 spiro atoms. The Morgan fingerprint density at radius 3 is 2.33 bits per heavy atom. The average Bonchev–Trinajstić information content (AvgIpc) is 2.30. The summed E-state index contributed by atoms with van der Waals surface area (Å²) in [6.45, 7) is 6.51. The lowest BCUT2D eigenvalue weighted by Gasteiger charge is -2.02. The van der Waals surface area contributed by atoms with Gasteiger partial charge in [0.25, 0.3) is 0 Å². The van der Waals surface area contributed by atoms with Crippen molar-refractivity contribution >= 4 is 29.4 Å². The highest BCUT2D eigenvalue weighted by atomic mass is 35.5. The van der Waals surface area contributed by atoms with Gasteiger partial charge in [-0.3, -0.25) is 0 Å². The minimum Gasteiger partial charge on any atom is -0.398 e. The van der Waals surface area contributed by atoms with Crippen LogP contribution in [0.2, 0.25) is 0 Å². The van der Waals surface area contributed by atoms with Crippen molar-refractivity contribution in [2.45, 2.75) is 33.1 Å². The predicted molar refractivity (Wildman–Crippen MR) is 59.4 cm³/mol. The fourth-order valence-corrected chi connectivity index (χ4v) is 2.23. The number of nitrogens with two attached hydrogens (primary N) is 1. The van der Waals surface area contributed by atoms with E-state index in [9.17, 15) is 0 Å². The van der Waals surface area contributed by atoms with E-state index < -0.39 is 0 Å². The fraction of sp³-hybridized carbons (Fsp3) is 0.556. The summed E-state index contributed by atoms with van der Waals surface area (Å²) in [5.74, 6) is 0.570. The van der Waals surface area contributed by atoms with Crippen molar-refractivity contribution in [1.82, 2.24) is 0 Å². The van der Waals surface area contributed by atoms with Crippen LogP contribution in [0.4, 0.5) is 5.69 Å². The van der Waals surface area contributed by atoms with Crippen LogP contribution in [-0.2, 0) is 6.42 Å². The lowest BCUT2D eigenvalue weighted by Crippen LogP contribution is -1.93. The highest BCUT2D eigenvalue weighted by Gasteiger charge is 2.09. The van der Waals surface area contributed by atoms with Crippen molar-refractivity contribution in [1.29, 1.82) is 0 Å². The van der Waals surface area contributed by atoms with Crippen LogP contribution in [-0.4, -0.2) is 0 Å². The standard InChI is InChI=1S/C9H15NS.ClH/c1-4-7-5-11-9(6(2)3)8(7)10;/h5-6H,4,10H2,1-3H3;1H. The van der Waals surface area contributed by atoms with Gasteiger partial charge in [-0.25, -0.2) is 0 Å². The first-order chi connectivity index (χ1) is 5.16. The van der Waals surface area contributed by atoms with E-state index in [1.54, 1.807) is 11.3 Å². The molecule has 0 aromatic carbocycles. The van der Waals surface area contributed by atoms with Gasteiger partial charge in [0.05, 0.1) is 0 Å². The van der Waals surface area contributed by atoms with Crippen LogP contribution in [0, 0.1) is 0 Å². The third-order valence-corrected chi connectivity index (χ3v) is 3.19. The van der Waals surface area contributed by atoms with Crippen molar-refractivity contribution in [2.75, 3.05) is 5.73 Å². The quantitative estimate of drug-likeness (QED) is 0.787. The number of thiophene rings is 1. The minimum atomic E-state index is 0. The van der Waals surface area contributed by atoms with E-state index in [2.05, 4.69) is 26.2 Å². The highest BCUT2D eigenvalue weighted by Crippen LogP contribution is 2.31. The maximum absolute atomic E-state index is 5.93. The van der Waals surface area contributed by atoms with Crippen molar-refractivity contribution in [3.05, 3.63) is 15.8 Å². The Labute approximate surface area is 84.4 Å². The zero-order valence-electron chi connectivity index (χ0n) is 7.76. The zero-order valence-corrected chi connectivity index (χ0v) is 9.39. The molecular weight excluding hydrogens is 190 g/mol. The number of anilines is 1. The van der Waals surface area contributed by atoms with Gasteiger partial charge in [0.1, 0.15) is 0 Å². The van der Waals surface area contributed by atoms with Gasteiger partial charge in [0, 0.05) is 10.6 Å². The maximum atomic E-state index is 5.93. The summed E-state index contributed by atoms with van der Waals surface area (Å²) >= 11 is 1.78. The lowest BCUT2D eigenvalue weighted by molar-refractivity contribution is 0.890. The van der Waals surface area contributed by atoms with Crippen molar-refractivity contribution in [3.63, 3.8) is 0 Å². The van der Waals surface area contributed by atoms with E-state index in [0.717, 1.165) is 12.1 Å². The molecular formula is C9H16ClNS. The molecule has 70 valence electrons. The number of hydrogen-bond acceptors (Lipinski definition) is 2. The first kappa shape index (κ1) is 11.8. The second-order valence-electron chi connectivity index (χ2n) is 3.05. The van der Waals surface area contributed by atoms with Gasteiger partial charge in [0.15, 0.2) is 0 Å². The summed E-state index contributed by atoms with van der Waals surface area (Å²) in [7, 11) is 0. The summed E-state index contributed by atoms with van der Waals surface area (Å²) in [6, 6.07) is 0. The Kier molecular flexibility index (Phi) is 4.64. The molecule has 0 aliphatic rings. The van der Waals surface area contributed by atoms with Gasteiger partial charge < -0.3 is 5.73 Å². The number of rotatable bonds is 2. The van der Waals surface area contributed by atoms with Gasteiger partial charge in [-0.2, -0.15) is 0 Å². The van der Waals surface area contributed by atoms with E-state index in [4.69, 9.17) is 5.73 Å². The molecule has 0 saturated carbocycles. The van der Waals surface area contributed by atoms with E-state index in [-0.39, 0.29) is 12.4 Å². The molecule has 0 radical (unpaired) electrons. The molecule has 0 aliphatic heterocycles. The van der Waals surface area contributed by atoms with Crippen LogP contribution >= 0.6 is 23.7 Å². The Bertz CT molecular complexity index is 243. The van der Waals surface area contributed by atoms with Crippen molar-refractivity contribution < 1.29 is 0 Å². The zero-order chi connectivity index (χ0) is 8.43. The van der Waals surface area contributed by atoms with E-state index in [1.807, 2.05) is 0 Å². The monoisotopic (exact) mass is 205 g/mol. The summed E-state index contributed by atoms with van der Waals surface area (Å²) in [5, 5.41) is 2.17. The second-order valence-corrected chi connectivity index (χ2v) is 3.96. The van der Waals surface area contributed by atoms with Gasteiger partial charge in [-0.05, 0) is 23.3 Å². The Morgan fingerprint density at radius 1 is 1.50 bits per heavy atom. The largest absolute Gasteiger partial charge is 0.398 e. The van der Waals surface area contributed by atoms with Crippen LogP contribution in [0.15, 0.2) is 5.38 Å². The average molecular weight is 206 g/mol. The Morgan fingerprint density at radius 2 is 2.08 bits per heavy atom. The molecule has 1 heterocycles. The molecule has 12 heavy (non-hydrogen) atoms. The molecule has 2 N–H and O–H groups in total. The lowest BCUT2D eigenvalue weighted by atomic mass is 10.1. The predicted octanol–water partition coefficient (Wildman–Crippen LogP) is 3.44. The normalized spacial score (nSPS) is 10.0. The molecule has 0 bridgehead atoms. The fourth-order valence-electron chi connectivity index (χ4n) is 1.14. The van der Waals surface area contributed by atoms with Gasteiger partial charge in [-0.1, -0.05) is 20.8 Å². The molecule has 0 fully saturated rings. The van der Waals surface area contributed by atoms with E-state index in [0.29, 0.717) is 5.92 Å². The molecule has 0 aliphatic carbocycles. The molecule has 1 rings (SSSR count). The summed E-state index contributed by atoms with van der Waals surface area (Å²) < 4.78 is 0. The Balaban J connectivity index is 0.00000121. The molecule has 0 unspecified atom stereocenters. The molecule has 0 saturated heterocycles. The number of halogens is 1. The van der Waals surface area contributed by atoms with E-state index in [1.165, 1.54) is 10.4 Å². The van der Waals surface area contributed by atoms with E-state index >= 15 is 0 Å². The first-order valence-electron chi connectivity index (χ1n) is 4.02. The van der Waals surface area contributed by atoms with Crippen molar-refractivity contribution in [2.24, 2.45) is 0 Å². The van der Waals surface area contributed by atoms with Crippen molar-refractivity contribution in [3.8, 4) is 0 Å². The molecule has 1 nitrogen and oxygen atoms in total. The molecule has 0 amide bonds. The molecule has 1 aromatic heterocycles. The summed E-state index contributed by atoms with van der Waals surface area (Å²) in [5.41, 5.74) is 8.25. The third kappa shape index (κ3) is 2.14. The minimum absolute atomic E-state index is 0. The van der Waals surface area contributed by atoms with Crippen LogP contribution in [0.25, 0.3) is 0 Å². The summed E-state index contributed by atoms with van der Waals surface area (Å²) in [4.78, 5) is 1.34. The maximum Gasteiger partial charge on any atom is 0.0490 e. The Hall–Kier alpha value is -0.210. The smallest absolute Gasteiger partial charge is 0.0490 e. The molecule has 0 atom stereocenters.